The van der Waals surface area contributed by atoms with Gasteiger partial charge in [-0.15, -0.1) is 0 Å². The molecule has 0 spiro atoms. The molecule has 20 heavy (non-hydrogen) atoms. The number of rotatable bonds is 9. The molecule has 0 aliphatic heterocycles. The molecule has 0 bridgehead atoms. The summed E-state index contributed by atoms with van der Waals surface area (Å²) in [5.74, 6) is 0.876. The number of para-hydroxylation sites is 1. The van der Waals surface area contributed by atoms with E-state index in [1.54, 1.807) is 0 Å². The zero-order chi connectivity index (χ0) is 14.8. The SMILES string of the molecule is CCNC(=O)CN(CC)CCOc1ccccc1CN. The molecule has 3 N–H and O–H groups in total. The van der Waals surface area contributed by atoms with Crippen LogP contribution in [0, 0.1) is 0 Å². The maximum atomic E-state index is 11.5. The maximum absolute atomic E-state index is 11.5. The second-order valence-corrected chi connectivity index (χ2v) is 4.48. The average molecular weight is 279 g/mol. The summed E-state index contributed by atoms with van der Waals surface area (Å²) in [6.07, 6.45) is 0. The van der Waals surface area contributed by atoms with Gasteiger partial charge in [0, 0.05) is 25.2 Å². The van der Waals surface area contributed by atoms with Gasteiger partial charge in [0.25, 0.3) is 0 Å². The maximum Gasteiger partial charge on any atom is 0.234 e. The molecule has 0 heterocycles. The fourth-order valence-electron chi connectivity index (χ4n) is 1.90. The summed E-state index contributed by atoms with van der Waals surface area (Å²) < 4.78 is 5.75. The van der Waals surface area contributed by atoms with Crippen molar-refractivity contribution < 1.29 is 9.53 Å². The molecule has 1 aromatic carbocycles. The van der Waals surface area contributed by atoms with Crippen LogP contribution in [0.5, 0.6) is 5.75 Å². The van der Waals surface area contributed by atoms with Crippen molar-refractivity contribution in [2.45, 2.75) is 20.4 Å². The quantitative estimate of drug-likeness (QED) is 0.707. The Morgan fingerprint density at radius 1 is 1.35 bits per heavy atom. The van der Waals surface area contributed by atoms with Gasteiger partial charge < -0.3 is 15.8 Å². The number of likely N-dealkylation sites (N-methyl/N-ethyl adjacent to an activating group) is 2. The topological polar surface area (TPSA) is 67.6 Å². The number of amides is 1. The van der Waals surface area contributed by atoms with Crippen LogP contribution >= 0.6 is 0 Å². The van der Waals surface area contributed by atoms with E-state index in [4.69, 9.17) is 10.5 Å². The number of carbonyl (C=O) groups excluding carboxylic acids is 1. The summed E-state index contributed by atoms with van der Waals surface area (Å²) in [6, 6.07) is 7.76. The van der Waals surface area contributed by atoms with E-state index >= 15 is 0 Å². The molecule has 5 heteroatoms. The molecular formula is C15H25N3O2. The van der Waals surface area contributed by atoms with Gasteiger partial charge in [-0.05, 0) is 19.5 Å². The van der Waals surface area contributed by atoms with Gasteiger partial charge in [0.1, 0.15) is 12.4 Å². The average Bonchev–Trinajstić information content (AvgIpc) is 2.47. The summed E-state index contributed by atoms with van der Waals surface area (Å²) in [5.41, 5.74) is 6.66. The zero-order valence-corrected chi connectivity index (χ0v) is 12.4. The summed E-state index contributed by atoms with van der Waals surface area (Å²) >= 11 is 0. The Labute approximate surface area is 121 Å². The minimum absolute atomic E-state index is 0.0525. The Bertz CT molecular complexity index is 410. The van der Waals surface area contributed by atoms with Gasteiger partial charge in [-0.3, -0.25) is 9.69 Å². The van der Waals surface area contributed by atoms with Crippen molar-refractivity contribution in [1.82, 2.24) is 10.2 Å². The molecule has 0 aliphatic carbocycles. The van der Waals surface area contributed by atoms with Crippen LogP contribution in [0.2, 0.25) is 0 Å². The van der Waals surface area contributed by atoms with Gasteiger partial charge in [0.2, 0.25) is 5.91 Å². The molecule has 112 valence electrons. The van der Waals surface area contributed by atoms with E-state index in [0.717, 1.165) is 17.9 Å². The molecule has 1 amide bonds. The van der Waals surface area contributed by atoms with E-state index in [0.29, 0.717) is 32.8 Å². The van der Waals surface area contributed by atoms with Crippen molar-refractivity contribution in [3.05, 3.63) is 29.8 Å². The predicted molar refractivity (Wildman–Crippen MR) is 80.6 cm³/mol. The molecule has 1 rings (SSSR count). The number of nitrogens with zero attached hydrogens (tertiary/aromatic N) is 1. The molecule has 0 fully saturated rings. The van der Waals surface area contributed by atoms with Gasteiger partial charge in [0.05, 0.1) is 6.54 Å². The first kappa shape index (κ1) is 16.5. The highest BCUT2D eigenvalue weighted by molar-refractivity contribution is 5.77. The lowest BCUT2D eigenvalue weighted by Crippen LogP contribution is -2.39. The highest BCUT2D eigenvalue weighted by Crippen LogP contribution is 2.16. The van der Waals surface area contributed by atoms with Gasteiger partial charge in [-0.1, -0.05) is 25.1 Å². The van der Waals surface area contributed by atoms with E-state index < -0.39 is 0 Å². The van der Waals surface area contributed by atoms with Gasteiger partial charge in [-0.25, -0.2) is 0 Å². The van der Waals surface area contributed by atoms with E-state index in [-0.39, 0.29) is 5.91 Å². The summed E-state index contributed by atoms with van der Waals surface area (Å²) in [4.78, 5) is 13.6. The minimum Gasteiger partial charge on any atom is -0.492 e. The predicted octanol–water partition coefficient (Wildman–Crippen LogP) is 0.982. The van der Waals surface area contributed by atoms with Crippen molar-refractivity contribution in [3.63, 3.8) is 0 Å². The molecule has 0 unspecified atom stereocenters. The molecular weight excluding hydrogens is 254 g/mol. The molecule has 1 aromatic rings. The molecule has 0 radical (unpaired) electrons. The molecule has 0 atom stereocenters. The number of nitrogens with one attached hydrogen (secondary N) is 1. The third kappa shape index (κ3) is 5.59. The van der Waals surface area contributed by atoms with Crippen LogP contribution in [-0.2, 0) is 11.3 Å². The number of hydrogen-bond donors (Lipinski definition) is 2. The Balaban J connectivity index is 2.39. The third-order valence-corrected chi connectivity index (χ3v) is 3.05. The molecule has 5 nitrogen and oxygen atoms in total. The Hall–Kier alpha value is -1.59. The van der Waals surface area contributed by atoms with E-state index in [1.807, 2.05) is 38.1 Å². The van der Waals surface area contributed by atoms with Crippen LogP contribution in [0.3, 0.4) is 0 Å². The van der Waals surface area contributed by atoms with Crippen molar-refractivity contribution in [2.24, 2.45) is 5.73 Å². The largest absolute Gasteiger partial charge is 0.492 e. The van der Waals surface area contributed by atoms with E-state index in [2.05, 4.69) is 10.2 Å². The second kappa shape index (κ2) is 9.34. The second-order valence-electron chi connectivity index (χ2n) is 4.48. The van der Waals surface area contributed by atoms with Crippen molar-refractivity contribution >= 4 is 5.91 Å². The van der Waals surface area contributed by atoms with E-state index in [1.165, 1.54) is 0 Å². The molecule has 0 saturated carbocycles. The van der Waals surface area contributed by atoms with Crippen molar-refractivity contribution in [1.29, 1.82) is 0 Å². The van der Waals surface area contributed by atoms with Crippen LogP contribution < -0.4 is 15.8 Å². The molecule has 0 aliphatic rings. The summed E-state index contributed by atoms with van der Waals surface area (Å²) in [6.45, 7) is 7.57. The summed E-state index contributed by atoms with van der Waals surface area (Å²) in [5, 5.41) is 2.80. The van der Waals surface area contributed by atoms with Crippen molar-refractivity contribution in [2.75, 3.05) is 32.8 Å². The fourth-order valence-corrected chi connectivity index (χ4v) is 1.90. The van der Waals surface area contributed by atoms with Crippen LogP contribution in [0.15, 0.2) is 24.3 Å². The highest BCUT2D eigenvalue weighted by atomic mass is 16.5. The number of benzene rings is 1. The first-order valence-corrected chi connectivity index (χ1v) is 7.11. The normalized spacial score (nSPS) is 10.6. The monoisotopic (exact) mass is 279 g/mol. The Kier molecular flexibility index (Phi) is 7.69. The first-order valence-electron chi connectivity index (χ1n) is 7.11. The third-order valence-electron chi connectivity index (χ3n) is 3.05. The minimum atomic E-state index is 0.0525. The van der Waals surface area contributed by atoms with E-state index in [9.17, 15) is 4.79 Å². The molecule has 0 aromatic heterocycles. The Morgan fingerprint density at radius 3 is 2.75 bits per heavy atom. The Morgan fingerprint density at radius 2 is 2.10 bits per heavy atom. The van der Waals surface area contributed by atoms with Crippen LogP contribution in [0.1, 0.15) is 19.4 Å². The lowest BCUT2D eigenvalue weighted by atomic mass is 10.2. The molecule has 0 saturated heterocycles. The first-order chi connectivity index (χ1) is 9.71. The van der Waals surface area contributed by atoms with Gasteiger partial charge in [-0.2, -0.15) is 0 Å². The lowest BCUT2D eigenvalue weighted by molar-refractivity contribution is -0.122. The number of carbonyl (C=O) groups is 1. The zero-order valence-electron chi connectivity index (χ0n) is 12.4. The van der Waals surface area contributed by atoms with Crippen LogP contribution in [0.25, 0.3) is 0 Å². The smallest absolute Gasteiger partial charge is 0.234 e. The van der Waals surface area contributed by atoms with Crippen LogP contribution in [0.4, 0.5) is 0 Å². The summed E-state index contributed by atoms with van der Waals surface area (Å²) in [7, 11) is 0. The fraction of sp³-hybridized carbons (Fsp3) is 0.533. The standard InChI is InChI=1S/C15H25N3O2/c1-3-17-15(19)12-18(4-2)9-10-20-14-8-6-5-7-13(14)11-16/h5-8H,3-4,9-12,16H2,1-2H3,(H,17,19). The number of ether oxygens (including phenoxy) is 1. The van der Waals surface area contributed by atoms with Gasteiger partial charge >= 0.3 is 0 Å². The van der Waals surface area contributed by atoms with Gasteiger partial charge in [0.15, 0.2) is 0 Å². The number of hydrogen-bond acceptors (Lipinski definition) is 4. The number of nitrogens with two attached hydrogens (primary N) is 1. The highest BCUT2D eigenvalue weighted by Gasteiger charge is 2.08. The van der Waals surface area contributed by atoms with Crippen molar-refractivity contribution in [3.8, 4) is 5.75 Å². The van der Waals surface area contributed by atoms with Crippen LogP contribution in [-0.4, -0.2) is 43.6 Å². The lowest BCUT2D eigenvalue weighted by Gasteiger charge is -2.20.